The molecule has 2 aromatic rings. The monoisotopic (exact) mass is 313 g/mol. The van der Waals surface area contributed by atoms with Gasteiger partial charge in [0.25, 0.3) is 0 Å². The molecule has 0 fully saturated rings. The van der Waals surface area contributed by atoms with Gasteiger partial charge in [-0.15, -0.1) is 0 Å². The SMILES string of the molecule is CCn1nc(C)c(Br)c1CC(N)c1ccsc1. The van der Waals surface area contributed by atoms with Gasteiger partial charge in [-0.2, -0.15) is 16.4 Å². The van der Waals surface area contributed by atoms with Crippen molar-refractivity contribution in [2.24, 2.45) is 5.73 Å². The lowest BCUT2D eigenvalue weighted by atomic mass is 10.1. The zero-order chi connectivity index (χ0) is 12.4. The summed E-state index contributed by atoms with van der Waals surface area (Å²) in [6.45, 7) is 4.98. The molecule has 2 heterocycles. The molecule has 0 aliphatic rings. The van der Waals surface area contributed by atoms with E-state index in [1.807, 2.05) is 11.6 Å². The van der Waals surface area contributed by atoms with Crippen LogP contribution in [0.2, 0.25) is 0 Å². The Morgan fingerprint density at radius 3 is 2.94 bits per heavy atom. The fourth-order valence-corrected chi connectivity index (χ4v) is 3.05. The number of hydrogen-bond acceptors (Lipinski definition) is 3. The molecule has 2 N–H and O–H groups in total. The molecule has 0 bridgehead atoms. The predicted octanol–water partition coefficient (Wildman–Crippen LogP) is 3.28. The van der Waals surface area contributed by atoms with Gasteiger partial charge in [-0.25, -0.2) is 0 Å². The highest BCUT2D eigenvalue weighted by molar-refractivity contribution is 9.10. The Kier molecular flexibility index (Phi) is 4.01. The first-order valence-electron chi connectivity index (χ1n) is 5.63. The van der Waals surface area contributed by atoms with Gasteiger partial charge in [0.05, 0.1) is 15.9 Å². The summed E-state index contributed by atoms with van der Waals surface area (Å²) in [6.07, 6.45) is 0.812. The number of hydrogen-bond donors (Lipinski definition) is 1. The molecule has 0 aliphatic carbocycles. The predicted molar refractivity (Wildman–Crippen MR) is 75.3 cm³/mol. The maximum absolute atomic E-state index is 6.22. The van der Waals surface area contributed by atoms with Crippen molar-refractivity contribution >= 4 is 27.3 Å². The Labute approximate surface area is 114 Å². The third kappa shape index (κ3) is 2.61. The van der Waals surface area contributed by atoms with Gasteiger partial charge >= 0.3 is 0 Å². The number of thiophene rings is 1. The third-order valence-corrected chi connectivity index (χ3v) is 4.57. The summed E-state index contributed by atoms with van der Waals surface area (Å²) in [6, 6.07) is 2.13. The highest BCUT2D eigenvalue weighted by Crippen LogP contribution is 2.26. The van der Waals surface area contributed by atoms with Gasteiger partial charge in [0.1, 0.15) is 0 Å². The van der Waals surface area contributed by atoms with E-state index in [9.17, 15) is 0 Å². The smallest absolute Gasteiger partial charge is 0.0738 e. The molecule has 2 aromatic heterocycles. The van der Waals surface area contributed by atoms with Gasteiger partial charge in [-0.3, -0.25) is 4.68 Å². The van der Waals surface area contributed by atoms with Crippen molar-refractivity contribution < 1.29 is 0 Å². The van der Waals surface area contributed by atoms with Crippen LogP contribution in [-0.2, 0) is 13.0 Å². The molecular weight excluding hydrogens is 298 g/mol. The van der Waals surface area contributed by atoms with Crippen molar-refractivity contribution in [3.8, 4) is 0 Å². The van der Waals surface area contributed by atoms with Crippen molar-refractivity contribution in [3.63, 3.8) is 0 Å². The molecule has 3 nitrogen and oxygen atoms in total. The number of halogens is 1. The number of nitrogens with two attached hydrogens (primary N) is 1. The van der Waals surface area contributed by atoms with E-state index in [0.717, 1.165) is 23.1 Å². The van der Waals surface area contributed by atoms with Crippen LogP contribution >= 0.6 is 27.3 Å². The van der Waals surface area contributed by atoms with Crippen molar-refractivity contribution in [2.75, 3.05) is 0 Å². The van der Waals surface area contributed by atoms with E-state index >= 15 is 0 Å². The lowest BCUT2D eigenvalue weighted by Gasteiger charge is -2.11. The first-order chi connectivity index (χ1) is 8.13. The van der Waals surface area contributed by atoms with Crippen LogP contribution in [-0.4, -0.2) is 9.78 Å². The van der Waals surface area contributed by atoms with Gasteiger partial charge < -0.3 is 5.73 Å². The van der Waals surface area contributed by atoms with Crippen LogP contribution < -0.4 is 5.73 Å². The van der Waals surface area contributed by atoms with Crippen LogP contribution in [0.1, 0.15) is 29.9 Å². The average molecular weight is 314 g/mol. The quantitative estimate of drug-likeness (QED) is 0.941. The van der Waals surface area contributed by atoms with E-state index in [2.05, 4.69) is 44.8 Å². The molecule has 17 heavy (non-hydrogen) atoms. The molecule has 1 atom stereocenters. The molecule has 0 saturated carbocycles. The summed E-state index contributed by atoms with van der Waals surface area (Å²) in [7, 11) is 0. The van der Waals surface area contributed by atoms with Crippen LogP contribution in [0.3, 0.4) is 0 Å². The Hall–Kier alpha value is -0.650. The van der Waals surface area contributed by atoms with Crippen LogP contribution in [0, 0.1) is 6.92 Å². The molecule has 0 spiro atoms. The number of aryl methyl sites for hydroxylation is 2. The fraction of sp³-hybridized carbons (Fsp3) is 0.417. The second-order valence-electron chi connectivity index (χ2n) is 4.03. The molecule has 0 aliphatic heterocycles. The zero-order valence-corrected chi connectivity index (χ0v) is 12.4. The standard InChI is InChI=1S/C12H16BrN3S/c1-3-16-11(12(13)8(2)15-16)6-10(14)9-4-5-17-7-9/h4-5,7,10H,3,6,14H2,1-2H3. The van der Waals surface area contributed by atoms with Crippen molar-refractivity contribution in [3.05, 3.63) is 38.3 Å². The topological polar surface area (TPSA) is 43.8 Å². The van der Waals surface area contributed by atoms with Crippen molar-refractivity contribution in [1.29, 1.82) is 0 Å². The van der Waals surface area contributed by atoms with Crippen LogP contribution in [0.4, 0.5) is 0 Å². The highest BCUT2D eigenvalue weighted by Gasteiger charge is 2.16. The van der Waals surface area contributed by atoms with Gasteiger partial charge in [-0.1, -0.05) is 0 Å². The lowest BCUT2D eigenvalue weighted by Crippen LogP contribution is -2.15. The lowest BCUT2D eigenvalue weighted by molar-refractivity contribution is 0.587. The Morgan fingerprint density at radius 2 is 2.35 bits per heavy atom. The number of nitrogens with zero attached hydrogens (tertiary/aromatic N) is 2. The van der Waals surface area contributed by atoms with Crippen LogP contribution in [0.25, 0.3) is 0 Å². The van der Waals surface area contributed by atoms with Crippen molar-refractivity contribution in [2.45, 2.75) is 32.9 Å². The largest absolute Gasteiger partial charge is 0.324 e. The fourth-order valence-electron chi connectivity index (χ4n) is 1.88. The molecule has 0 aromatic carbocycles. The minimum Gasteiger partial charge on any atom is -0.324 e. The summed E-state index contributed by atoms with van der Waals surface area (Å²) >= 11 is 5.28. The molecule has 0 saturated heterocycles. The van der Waals surface area contributed by atoms with E-state index < -0.39 is 0 Å². The van der Waals surface area contributed by atoms with Gasteiger partial charge in [0, 0.05) is 19.0 Å². The normalized spacial score (nSPS) is 12.9. The third-order valence-electron chi connectivity index (χ3n) is 2.84. The zero-order valence-electron chi connectivity index (χ0n) is 9.98. The number of rotatable bonds is 4. The van der Waals surface area contributed by atoms with E-state index in [1.54, 1.807) is 11.3 Å². The molecule has 0 radical (unpaired) electrons. The van der Waals surface area contributed by atoms with Gasteiger partial charge in [0.2, 0.25) is 0 Å². The van der Waals surface area contributed by atoms with E-state index in [-0.39, 0.29) is 6.04 Å². The summed E-state index contributed by atoms with van der Waals surface area (Å²) in [5.74, 6) is 0. The first kappa shape index (κ1) is 12.8. The van der Waals surface area contributed by atoms with Crippen molar-refractivity contribution in [1.82, 2.24) is 9.78 Å². The summed E-state index contributed by atoms with van der Waals surface area (Å²) in [4.78, 5) is 0. The minimum atomic E-state index is 0.0407. The Bertz CT molecular complexity index is 490. The molecule has 92 valence electrons. The molecule has 5 heteroatoms. The molecule has 0 amide bonds. The second kappa shape index (κ2) is 5.33. The number of aromatic nitrogens is 2. The first-order valence-corrected chi connectivity index (χ1v) is 7.36. The average Bonchev–Trinajstić information content (AvgIpc) is 2.92. The van der Waals surface area contributed by atoms with Crippen LogP contribution in [0.15, 0.2) is 21.3 Å². The van der Waals surface area contributed by atoms with Gasteiger partial charge in [-0.05, 0) is 52.2 Å². The maximum Gasteiger partial charge on any atom is 0.0738 e. The Morgan fingerprint density at radius 1 is 1.59 bits per heavy atom. The van der Waals surface area contributed by atoms with E-state index in [4.69, 9.17) is 5.73 Å². The van der Waals surface area contributed by atoms with Gasteiger partial charge in [0.15, 0.2) is 0 Å². The molecule has 1 unspecified atom stereocenters. The van der Waals surface area contributed by atoms with E-state index in [0.29, 0.717) is 0 Å². The minimum absolute atomic E-state index is 0.0407. The van der Waals surface area contributed by atoms with E-state index in [1.165, 1.54) is 11.3 Å². The second-order valence-corrected chi connectivity index (χ2v) is 5.60. The highest BCUT2D eigenvalue weighted by atomic mass is 79.9. The summed E-state index contributed by atoms with van der Waals surface area (Å²) in [5, 5.41) is 8.65. The maximum atomic E-state index is 6.22. The molecule has 2 rings (SSSR count). The summed E-state index contributed by atoms with van der Waals surface area (Å²) < 4.78 is 3.11. The molecular formula is C12H16BrN3S. The van der Waals surface area contributed by atoms with Crippen LogP contribution in [0.5, 0.6) is 0 Å². The summed E-state index contributed by atoms with van der Waals surface area (Å²) in [5.41, 5.74) is 9.63. The Balaban J connectivity index is 2.24.